The number of nitrogens with zero attached hydrogens (tertiary/aromatic N) is 2. The summed E-state index contributed by atoms with van der Waals surface area (Å²) in [6, 6.07) is 11.7. The van der Waals surface area contributed by atoms with Crippen LogP contribution in [0.1, 0.15) is 5.56 Å². The Hall–Kier alpha value is -1.90. The molecule has 0 atom stereocenters. The van der Waals surface area contributed by atoms with Crippen molar-refractivity contribution < 1.29 is 13.2 Å². The van der Waals surface area contributed by atoms with Gasteiger partial charge in [-0.25, -0.2) is 13.4 Å². The topological polar surface area (TPSA) is 59.5 Å². The molecule has 5 nitrogen and oxygen atoms in total. The minimum absolute atomic E-state index is 0.495. The third-order valence-electron chi connectivity index (χ3n) is 4.52. The van der Waals surface area contributed by atoms with Crippen molar-refractivity contribution in [2.24, 2.45) is 0 Å². The highest BCUT2D eigenvalue weighted by Crippen LogP contribution is 2.38. The summed E-state index contributed by atoms with van der Waals surface area (Å²) in [6.45, 7) is 0.495. The van der Waals surface area contributed by atoms with Crippen LogP contribution in [-0.4, -0.2) is 33.3 Å². The summed E-state index contributed by atoms with van der Waals surface area (Å²) in [6.07, 6.45) is 1.96. The number of ether oxygens (including phenoxy) is 1. The highest BCUT2D eigenvalue weighted by molar-refractivity contribution is 9.10. The zero-order chi connectivity index (χ0) is 19.2. The lowest BCUT2D eigenvalue weighted by Gasteiger charge is -2.16. The first-order valence-corrected chi connectivity index (χ1v) is 11.8. The molecule has 0 N–H and O–H groups in total. The van der Waals surface area contributed by atoms with Crippen molar-refractivity contribution in [3.8, 4) is 27.6 Å². The monoisotopic (exact) mass is 464 g/mol. The molecule has 27 heavy (non-hydrogen) atoms. The molecule has 1 aliphatic rings. The van der Waals surface area contributed by atoms with E-state index in [0.29, 0.717) is 13.0 Å². The van der Waals surface area contributed by atoms with Crippen LogP contribution in [0.3, 0.4) is 0 Å². The SMILES string of the molecule is COc1ccc(Br)cc1-c1nc(-c2ccc3c(c2)CCN3S(C)(=O)=O)cs1. The van der Waals surface area contributed by atoms with E-state index in [9.17, 15) is 8.42 Å². The third-order valence-corrected chi connectivity index (χ3v) is 7.07. The summed E-state index contributed by atoms with van der Waals surface area (Å²) in [5.74, 6) is 0.775. The van der Waals surface area contributed by atoms with Gasteiger partial charge in [0, 0.05) is 22.0 Å². The van der Waals surface area contributed by atoms with Crippen molar-refractivity contribution in [1.29, 1.82) is 0 Å². The van der Waals surface area contributed by atoms with Crippen molar-refractivity contribution >= 4 is 43.0 Å². The number of halogens is 1. The van der Waals surface area contributed by atoms with E-state index in [2.05, 4.69) is 15.9 Å². The summed E-state index contributed by atoms with van der Waals surface area (Å²) in [4.78, 5) is 4.78. The largest absolute Gasteiger partial charge is 0.496 e. The Morgan fingerprint density at radius 3 is 2.78 bits per heavy atom. The Kier molecular flexibility index (Phi) is 4.73. The number of benzene rings is 2. The van der Waals surface area contributed by atoms with E-state index in [0.717, 1.165) is 43.3 Å². The van der Waals surface area contributed by atoms with Gasteiger partial charge in [-0.3, -0.25) is 4.31 Å². The van der Waals surface area contributed by atoms with Crippen LogP contribution in [0.25, 0.3) is 21.8 Å². The van der Waals surface area contributed by atoms with Crippen molar-refractivity contribution in [2.45, 2.75) is 6.42 Å². The van der Waals surface area contributed by atoms with Gasteiger partial charge in [-0.15, -0.1) is 11.3 Å². The summed E-state index contributed by atoms with van der Waals surface area (Å²) in [7, 11) is -1.59. The van der Waals surface area contributed by atoms with Crippen LogP contribution in [0.15, 0.2) is 46.3 Å². The molecule has 1 aliphatic heterocycles. The molecule has 0 fully saturated rings. The van der Waals surface area contributed by atoms with Gasteiger partial charge < -0.3 is 4.74 Å². The molecule has 2 aromatic carbocycles. The second-order valence-corrected chi connectivity index (χ2v) is 9.99. The average molecular weight is 465 g/mol. The summed E-state index contributed by atoms with van der Waals surface area (Å²) in [5, 5.41) is 2.89. The first-order chi connectivity index (χ1) is 12.9. The average Bonchev–Trinajstić information content (AvgIpc) is 3.27. The van der Waals surface area contributed by atoms with E-state index >= 15 is 0 Å². The number of fused-ring (bicyclic) bond motifs is 1. The summed E-state index contributed by atoms with van der Waals surface area (Å²) < 4.78 is 31.7. The molecule has 0 unspecified atom stereocenters. The van der Waals surface area contributed by atoms with Gasteiger partial charge in [-0.1, -0.05) is 22.0 Å². The maximum atomic E-state index is 11.9. The highest BCUT2D eigenvalue weighted by Gasteiger charge is 2.26. The van der Waals surface area contributed by atoms with Crippen molar-refractivity contribution in [2.75, 3.05) is 24.2 Å². The van der Waals surface area contributed by atoms with Crippen LogP contribution in [0.4, 0.5) is 5.69 Å². The third kappa shape index (κ3) is 3.49. The summed E-state index contributed by atoms with van der Waals surface area (Å²) >= 11 is 5.05. The normalized spacial score (nSPS) is 13.7. The van der Waals surface area contributed by atoms with Crippen molar-refractivity contribution in [1.82, 2.24) is 4.98 Å². The smallest absolute Gasteiger partial charge is 0.232 e. The van der Waals surface area contributed by atoms with Gasteiger partial charge in [0.1, 0.15) is 10.8 Å². The van der Waals surface area contributed by atoms with Gasteiger partial charge in [0.05, 0.1) is 30.3 Å². The number of hydrogen-bond donors (Lipinski definition) is 0. The number of rotatable bonds is 4. The lowest BCUT2D eigenvalue weighted by molar-refractivity contribution is 0.416. The highest BCUT2D eigenvalue weighted by atomic mass is 79.9. The van der Waals surface area contributed by atoms with Crippen LogP contribution in [0, 0.1) is 0 Å². The Balaban J connectivity index is 1.70. The minimum Gasteiger partial charge on any atom is -0.496 e. The Morgan fingerprint density at radius 1 is 1.22 bits per heavy atom. The molecule has 0 spiro atoms. The number of hydrogen-bond acceptors (Lipinski definition) is 5. The van der Waals surface area contributed by atoms with E-state index in [4.69, 9.17) is 9.72 Å². The van der Waals surface area contributed by atoms with E-state index in [-0.39, 0.29) is 0 Å². The number of thiazole rings is 1. The van der Waals surface area contributed by atoms with Crippen LogP contribution >= 0.6 is 27.3 Å². The van der Waals surface area contributed by atoms with E-state index in [1.54, 1.807) is 18.4 Å². The summed E-state index contributed by atoms with van der Waals surface area (Å²) in [5.41, 5.74) is 4.60. The maximum absolute atomic E-state index is 11.9. The first-order valence-electron chi connectivity index (χ1n) is 8.27. The number of aromatic nitrogens is 1. The number of methoxy groups -OCH3 is 1. The lowest BCUT2D eigenvalue weighted by atomic mass is 10.1. The van der Waals surface area contributed by atoms with Crippen LogP contribution in [0.2, 0.25) is 0 Å². The molecule has 4 rings (SSSR count). The molecule has 0 bridgehead atoms. The lowest BCUT2D eigenvalue weighted by Crippen LogP contribution is -2.27. The molecule has 0 aliphatic carbocycles. The first kappa shape index (κ1) is 18.5. The molecule has 1 aromatic heterocycles. The molecular formula is C19H17BrN2O3S2. The molecule has 3 aromatic rings. The molecule has 0 saturated heterocycles. The predicted molar refractivity (Wildman–Crippen MR) is 113 cm³/mol. The van der Waals surface area contributed by atoms with Crippen LogP contribution in [-0.2, 0) is 16.4 Å². The van der Waals surface area contributed by atoms with Crippen LogP contribution in [0.5, 0.6) is 5.75 Å². The van der Waals surface area contributed by atoms with Gasteiger partial charge in [-0.2, -0.15) is 0 Å². The zero-order valence-corrected chi connectivity index (χ0v) is 18.0. The fourth-order valence-corrected chi connectivity index (χ4v) is 5.42. The molecule has 0 radical (unpaired) electrons. The molecule has 0 saturated carbocycles. The molecule has 0 amide bonds. The number of anilines is 1. The molecule has 8 heteroatoms. The Bertz CT molecular complexity index is 1130. The second kappa shape index (κ2) is 6.92. The number of sulfonamides is 1. The predicted octanol–water partition coefficient (Wildman–Crippen LogP) is 4.57. The maximum Gasteiger partial charge on any atom is 0.232 e. The van der Waals surface area contributed by atoms with Gasteiger partial charge in [0.25, 0.3) is 0 Å². The van der Waals surface area contributed by atoms with E-state index in [1.165, 1.54) is 10.6 Å². The zero-order valence-electron chi connectivity index (χ0n) is 14.8. The van der Waals surface area contributed by atoms with Crippen LogP contribution < -0.4 is 9.04 Å². The van der Waals surface area contributed by atoms with Gasteiger partial charge in [-0.05, 0) is 42.3 Å². The standard InChI is InChI=1S/C19H17BrN2O3S2/c1-25-18-6-4-14(20)10-15(18)19-21-16(11-26-19)12-3-5-17-13(9-12)7-8-22(17)27(2,23)24/h3-6,9-11H,7-8H2,1-2H3. The van der Waals surface area contributed by atoms with Gasteiger partial charge in [0.2, 0.25) is 10.0 Å². The molecule has 140 valence electrons. The quantitative estimate of drug-likeness (QED) is 0.567. The Morgan fingerprint density at radius 2 is 2.04 bits per heavy atom. The van der Waals surface area contributed by atoms with Crippen molar-refractivity contribution in [3.05, 3.63) is 51.8 Å². The van der Waals surface area contributed by atoms with E-state index in [1.807, 2.05) is 41.8 Å². The second-order valence-electron chi connectivity index (χ2n) is 6.31. The van der Waals surface area contributed by atoms with Gasteiger partial charge >= 0.3 is 0 Å². The fourth-order valence-electron chi connectivity index (χ4n) is 3.25. The molecule has 2 heterocycles. The van der Waals surface area contributed by atoms with E-state index < -0.39 is 10.0 Å². The van der Waals surface area contributed by atoms with Gasteiger partial charge in [0.15, 0.2) is 0 Å². The minimum atomic E-state index is -3.24. The molecular weight excluding hydrogens is 448 g/mol. The fraction of sp³-hybridized carbons (Fsp3) is 0.211. The Labute approximate surface area is 170 Å². The van der Waals surface area contributed by atoms with Crippen molar-refractivity contribution in [3.63, 3.8) is 0 Å².